The fraction of sp³-hybridized carbons (Fsp3) is 1.00. The summed E-state index contributed by atoms with van der Waals surface area (Å²) in [7, 11) is 0. The van der Waals surface area contributed by atoms with E-state index in [2.05, 4.69) is 20.8 Å². The first-order valence-electron chi connectivity index (χ1n) is 6.88. The van der Waals surface area contributed by atoms with E-state index in [4.69, 9.17) is 0 Å². The van der Waals surface area contributed by atoms with E-state index in [-0.39, 0.29) is 0 Å². The summed E-state index contributed by atoms with van der Waals surface area (Å²) in [4.78, 5) is 0. The van der Waals surface area contributed by atoms with Crippen LogP contribution in [0.5, 0.6) is 0 Å². The third kappa shape index (κ3) is 2.55. The minimum Gasteiger partial charge on any atom is -0.321 e. The van der Waals surface area contributed by atoms with Crippen LogP contribution in [0.25, 0.3) is 0 Å². The van der Waals surface area contributed by atoms with Gasteiger partial charge < -0.3 is 4.48 Å². The smallest absolute Gasteiger partial charge is 0.0890 e. The fourth-order valence-electron chi connectivity index (χ4n) is 4.01. The number of rotatable bonds is 2. The minimum atomic E-state index is 0.507. The third-order valence-electron chi connectivity index (χ3n) is 4.35. The van der Waals surface area contributed by atoms with Crippen molar-refractivity contribution in [1.29, 1.82) is 0 Å². The van der Waals surface area contributed by atoms with Crippen molar-refractivity contribution in [1.82, 2.24) is 0 Å². The van der Waals surface area contributed by atoms with Crippen molar-refractivity contribution in [3.05, 3.63) is 0 Å². The zero-order chi connectivity index (χ0) is 10.9. The van der Waals surface area contributed by atoms with Crippen LogP contribution in [0.3, 0.4) is 0 Å². The summed E-state index contributed by atoms with van der Waals surface area (Å²) in [6, 6.07) is 1.02. The highest BCUT2D eigenvalue weighted by atomic mass is 15.4. The van der Waals surface area contributed by atoms with Crippen LogP contribution in [-0.2, 0) is 0 Å². The number of quaternary nitrogens is 1. The first-order chi connectivity index (χ1) is 7.02. The average molecular weight is 210 g/mol. The molecule has 0 spiro atoms. The molecule has 0 aromatic rings. The third-order valence-corrected chi connectivity index (χ3v) is 4.35. The maximum Gasteiger partial charge on any atom is 0.0890 e. The topological polar surface area (TPSA) is 0 Å². The highest BCUT2D eigenvalue weighted by molar-refractivity contribution is 4.74. The molecule has 1 aliphatic heterocycles. The first kappa shape index (κ1) is 11.4. The molecular formula is C14H28N+. The average Bonchev–Trinajstić information content (AvgIpc) is 2.68. The van der Waals surface area contributed by atoms with Gasteiger partial charge in [-0.15, -0.1) is 0 Å². The summed E-state index contributed by atoms with van der Waals surface area (Å²) in [5.74, 6) is 0. The van der Waals surface area contributed by atoms with Crippen molar-refractivity contribution in [3.63, 3.8) is 0 Å². The van der Waals surface area contributed by atoms with Gasteiger partial charge in [0.2, 0.25) is 0 Å². The van der Waals surface area contributed by atoms with Crippen LogP contribution < -0.4 is 0 Å². The number of hydrogen-bond acceptors (Lipinski definition) is 0. The fourth-order valence-corrected chi connectivity index (χ4v) is 4.01. The number of likely N-dealkylation sites (tertiary alicyclic amines) is 1. The maximum absolute atomic E-state index is 2.42. The highest BCUT2D eigenvalue weighted by Gasteiger charge is 2.43. The highest BCUT2D eigenvalue weighted by Crippen LogP contribution is 2.36. The summed E-state index contributed by atoms with van der Waals surface area (Å²) in [6.07, 6.45) is 8.97. The van der Waals surface area contributed by atoms with Crippen LogP contribution in [0.4, 0.5) is 0 Å². The molecule has 88 valence electrons. The molecule has 0 aromatic heterocycles. The van der Waals surface area contributed by atoms with Gasteiger partial charge in [-0.2, -0.15) is 0 Å². The van der Waals surface area contributed by atoms with Crippen LogP contribution in [0.15, 0.2) is 0 Å². The Kier molecular flexibility index (Phi) is 3.12. The predicted molar refractivity (Wildman–Crippen MR) is 65.8 cm³/mol. The van der Waals surface area contributed by atoms with Gasteiger partial charge in [0.15, 0.2) is 0 Å². The lowest BCUT2D eigenvalue weighted by Crippen LogP contribution is -2.55. The van der Waals surface area contributed by atoms with E-state index >= 15 is 0 Å². The van der Waals surface area contributed by atoms with Crippen molar-refractivity contribution in [2.24, 2.45) is 5.41 Å². The molecule has 0 aromatic carbocycles. The molecule has 15 heavy (non-hydrogen) atoms. The van der Waals surface area contributed by atoms with E-state index in [0.29, 0.717) is 5.41 Å². The molecule has 1 nitrogen and oxygen atoms in total. The maximum atomic E-state index is 2.42. The number of nitrogens with zero attached hydrogens (tertiary/aromatic N) is 1. The second-order valence-corrected chi connectivity index (χ2v) is 7.03. The first-order valence-corrected chi connectivity index (χ1v) is 6.88. The van der Waals surface area contributed by atoms with Gasteiger partial charge in [0.05, 0.1) is 25.7 Å². The molecule has 1 saturated heterocycles. The Balaban J connectivity index is 2.09. The summed E-state index contributed by atoms with van der Waals surface area (Å²) in [5, 5.41) is 0. The Hall–Kier alpha value is -0.0400. The van der Waals surface area contributed by atoms with E-state index in [1.54, 1.807) is 0 Å². The van der Waals surface area contributed by atoms with E-state index in [1.807, 2.05) is 0 Å². The molecule has 1 saturated carbocycles. The van der Waals surface area contributed by atoms with E-state index < -0.39 is 0 Å². The summed E-state index contributed by atoms with van der Waals surface area (Å²) < 4.78 is 1.48. The number of hydrogen-bond donors (Lipinski definition) is 0. The normalized spacial score (nSPS) is 27.4. The molecule has 0 amide bonds. The van der Waals surface area contributed by atoms with Gasteiger partial charge in [0.1, 0.15) is 0 Å². The minimum absolute atomic E-state index is 0.507. The quantitative estimate of drug-likeness (QED) is 0.611. The molecule has 2 aliphatic rings. The van der Waals surface area contributed by atoms with Crippen molar-refractivity contribution in [2.75, 3.05) is 19.6 Å². The predicted octanol–water partition coefficient (Wildman–Crippen LogP) is 3.59. The Morgan fingerprint density at radius 2 is 1.47 bits per heavy atom. The van der Waals surface area contributed by atoms with Crippen molar-refractivity contribution >= 4 is 0 Å². The van der Waals surface area contributed by atoms with Crippen LogP contribution in [-0.4, -0.2) is 30.2 Å². The van der Waals surface area contributed by atoms with Crippen LogP contribution >= 0.6 is 0 Å². The van der Waals surface area contributed by atoms with Gasteiger partial charge in [-0.25, -0.2) is 0 Å². The molecular weight excluding hydrogens is 182 g/mol. The second-order valence-electron chi connectivity index (χ2n) is 7.03. The van der Waals surface area contributed by atoms with Crippen molar-refractivity contribution in [2.45, 2.75) is 65.3 Å². The largest absolute Gasteiger partial charge is 0.321 e. The van der Waals surface area contributed by atoms with E-state index in [0.717, 1.165) is 6.04 Å². The summed E-state index contributed by atoms with van der Waals surface area (Å²) >= 11 is 0. The molecule has 0 N–H and O–H groups in total. The zero-order valence-corrected chi connectivity index (χ0v) is 10.9. The molecule has 0 unspecified atom stereocenters. The monoisotopic (exact) mass is 210 g/mol. The molecule has 1 heterocycles. The SMILES string of the molecule is CC(C)(C)C[N+]1(C2CCCC2)CCCC1. The van der Waals surface area contributed by atoms with E-state index in [1.165, 1.54) is 62.6 Å². The molecule has 0 bridgehead atoms. The molecule has 0 atom stereocenters. The Morgan fingerprint density at radius 3 is 1.93 bits per heavy atom. The van der Waals surface area contributed by atoms with E-state index in [9.17, 15) is 0 Å². The van der Waals surface area contributed by atoms with Crippen LogP contribution in [0.1, 0.15) is 59.3 Å². The van der Waals surface area contributed by atoms with Gasteiger partial charge in [-0.3, -0.25) is 0 Å². The van der Waals surface area contributed by atoms with Crippen LogP contribution in [0.2, 0.25) is 0 Å². The Bertz CT molecular complexity index is 202. The van der Waals surface area contributed by atoms with Crippen LogP contribution in [0, 0.1) is 5.41 Å². The summed E-state index contributed by atoms with van der Waals surface area (Å²) in [6.45, 7) is 11.6. The van der Waals surface area contributed by atoms with Gasteiger partial charge in [0.25, 0.3) is 0 Å². The molecule has 1 aliphatic carbocycles. The molecule has 2 rings (SSSR count). The van der Waals surface area contributed by atoms with Crippen molar-refractivity contribution < 1.29 is 4.48 Å². The lowest BCUT2D eigenvalue weighted by Gasteiger charge is -2.44. The molecule has 2 fully saturated rings. The summed E-state index contributed by atoms with van der Waals surface area (Å²) in [5.41, 5.74) is 0.507. The molecule has 1 heteroatoms. The zero-order valence-electron chi connectivity index (χ0n) is 10.9. The van der Waals surface area contributed by atoms with Gasteiger partial charge >= 0.3 is 0 Å². The standard InChI is InChI=1S/C14H28N/c1-14(2,3)12-15(10-6-7-11-15)13-8-4-5-9-13/h13H,4-12H2,1-3H3/q+1. The molecule has 0 radical (unpaired) electrons. The lowest BCUT2D eigenvalue weighted by atomic mass is 9.93. The Morgan fingerprint density at radius 1 is 0.933 bits per heavy atom. The second kappa shape index (κ2) is 4.08. The van der Waals surface area contributed by atoms with Gasteiger partial charge in [0, 0.05) is 18.3 Å². The van der Waals surface area contributed by atoms with Gasteiger partial charge in [-0.05, 0) is 25.7 Å². The lowest BCUT2D eigenvalue weighted by molar-refractivity contribution is -0.945. The van der Waals surface area contributed by atoms with Gasteiger partial charge in [-0.1, -0.05) is 20.8 Å². The van der Waals surface area contributed by atoms with Crippen molar-refractivity contribution in [3.8, 4) is 0 Å². The Labute approximate surface area is 95.4 Å².